The van der Waals surface area contributed by atoms with Crippen molar-refractivity contribution in [1.29, 1.82) is 0 Å². The Morgan fingerprint density at radius 2 is 2.00 bits per heavy atom. The molecule has 0 aromatic carbocycles. The predicted molar refractivity (Wildman–Crippen MR) is 44.3 cm³/mol. The first-order valence-electron chi connectivity index (χ1n) is 4.23. The molecule has 1 saturated carbocycles. The van der Waals surface area contributed by atoms with Gasteiger partial charge in [0.25, 0.3) is 0 Å². The average Bonchev–Trinajstić information content (AvgIpc) is 2.06. The minimum atomic E-state index is -1.24. The van der Waals surface area contributed by atoms with Gasteiger partial charge in [-0.3, -0.25) is 0 Å². The van der Waals surface area contributed by atoms with Crippen LogP contribution in [0.25, 0.3) is 0 Å². The van der Waals surface area contributed by atoms with Crippen LogP contribution < -0.4 is 0 Å². The highest BCUT2D eigenvalue weighted by molar-refractivity contribution is 5.79. The quantitative estimate of drug-likeness (QED) is 0.503. The molecule has 0 saturated heterocycles. The average molecular weight is 170 g/mol. The van der Waals surface area contributed by atoms with E-state index >= 15 is 0 Å². The first-order valence-corrected chi connectivity index (χ1v) is 4.23. The van der Waals surface area contributed by atoms with E-state index in [1.807, 2.05) is 0 Å². The highest BCUT2D eigenvalue weighted by atomic mass is 16.5. The molecule has 0 bridgehead atoms. The summed E-state index contributed by atoms with van der Waals surface area (Å²) in [6.45, 7) is 3.27. The number of rotatable bonds is 2. The molecule has 1 N–H and O–H groups in total. The van der Waals surface area contributed by atoms with E-state index in [1.54, 1.807) is 0 Å². The fourth-order valence-corrected chi connectivity index (χ4v) is 1.53. The van der Waals surface area contributed by atoms with Crippen molar-refractivity contribution in [3.05, 3.63) is 12.8 Å². The van der Waals surface area contributed by atoms with Crippen molar-refractivity contribution >= 4 is 5.97 Å². The molecule has 0 atom stereocenters. The fourth-order valence-electron chi connectivity index (χ4n) is 1.53. The predicted octanol–water partition coefficient (Wildman–Crippen LogP) is 1.37. The van der Waals surface area contributed by atoms with E-state index in [0.717, 1.165) is 25.5 Å². The molecular formula is C9H14O3. The van der Waals surface area contributed by atoms with Gasteiger partial charge >= 0.3 is 5.97 Å². The van der Waals surface area contributed by atoms with Crippen molar-refractivity contribution in [2.75, 3.05) is 0 Å². The Balaban J connectivity index is 2.55. The van der Waals surface area contributed by atoms with Crippen LogP contribution in [0.5, 0.6) is 0 Å². The molecule has 3 heteroatoms. The lowest BCUT2D eigenvalue weighted by atomic mass is 9.85. The number of esters is 1. The van der Waals surface area contributed by atoms with Crippen LogP contribution in [0.2, 0.25) is 0 Å². The highest BCUT2D eigenvalue weighted by Crippen LogP contribution is 2.28. The van der Waals surface area contributed by atoms with Gasteiger partial charge < -0.3 is 9.84 Å². The molecule has 0 radical (unpaired) electrons. The van der Waals surface area contributed by atoms with Crippen molar-refractivity contribution in [2.45, 2.75) is 37.7 Å². The van der Waals surface area contributed by atoms with Gasteiger partial charge in [-0.25, -0.2) is 4.79 Å². The Bertz CT molecular complexity index is 180. The maximum absolute atomic E-state index is 11.2. The van der Waals surface area contributed by atoms with E-state index in [0.29, 0.717) is 12.8 Å². The number of carbonyl (C=O) groups is 1. The van der Waals surface area contributed by atoms with Crippen molar-refractivity contribution < 1.29 is 14.6 Å². The van der Waals surface area contributed by atoms with Crippen LogP contribution in [0.4, 0.5) is 0 Å². The summed E-state index contributed by atoms with van der Waals surface area (Å²) in [5.74, 6) is -0.558. The summed E-state index contributed by atoms with van der Waals surface area (Å²) < 4.78 is 4.56. The maximum atomic E-state index is 11.2. The van der Waals surface area contributed by atoms with Crippen molar-refractivity contribution in [1.82, 2.24) is 0 Å². The Hall–Kier alpha value is -0.830. The Morgan fingerprint density at radius 1 is 1.42 bits per heavy atom. The Labute approximate surface area is 72.0 Å². The second-order valence-corrected chi connectivity index (χ2v) is 3.16. The summed E-state index contributed by atoms with van der Waals surface area (Å²) in [5.41, 5.74) is -1.24. The molecule has 1 rings (SSSR count). The molecule has 0 spiro atoms. The van der Waals surface area contributed by atoms with E-state index in [1.165, 1.54) is 0 Å². The molecule has 0 unspecified atom stereocenters. The standard InChI is InChI=1S/C9H14O3/c1-2-12-8(10)9(11)6-4-3-5-7-9/h2,11H,1,3-7H2. The van der Waals surface area contributed by atoms with Gasteiger partial charge in [0.1, 0.15) is 0 Å². The lowest BCUT2D eigenvalue weighted by Gasteiger charge is -2.28. The summed E-state index contributed by atoms with van der Waals surface area (Å²) >= 11 is 0. The first-order chi connectivity index (χ1) is 5.69. The van der Waals surface area contributed by atoms with Gasteiger partial charge in [0.15, 0.2) is 5.60 Å². The van der Waals surface area contributed by atoms with Crippen LogP contribution in [0, 0.1) is 0 Å². The maximum Gasteiger partial charge on any atom is 0.342 e. The number of hydrogen-bond acceptors (Lipinski definition) is 3. The number of aliphatic hydroxyl groups is 1. The third-order valence-electron chi connectivity index (χ3n) is 2.25. The molecule has 68 valence electrons. The molecule has 0 amide bonds. The monoisotopic (exact) mass is 170 g/mol. The molecule has 0 aromatic rings. The first kappa shape index (κ1) is 9.26. The van der Waals surface area contributed by atoms with Gasteiger partial charge in [0, 0.05) is 0 Å². The summed E-state index contributed by atoms with van der Waals surface area (Å²) in [5, 5.41) is 9.75. The normalized spacial score (nSPS) is 21.4. The minimum Gasteiger partial charge on any atom is -0.433 e. The molecule has 1 aliphatic rings. The van der Waals surface area contributed by atoms with E-state index in [-0.39, 0.29) is 0 Å². The van der Waals surface area contributed by atoms with E-state index in [9.17, 15) is 9.90 Å². The zero-order valence-electron chi connectivity index (χ0n) is 7.08. The van der Waals surface area contributed by atoms with Gasteiger partial charge in [-0.2, -0.15) is 0 Å². The smallest absolute Gasteiger partial charge is 0.342 e. The molecule has 12 heavy (non-hydrogen) atoms. The van der Waals surface area contributed by atoms with Gasteiger partial charge in [0.2, 0.25) is 0 Å². The summed E-state index contributed by atoms with van der Waals surface area (Å²) in [6.07, 6.45) is 4.96. The van der Waals surface area contributed by atoms with Gasteiger partial charge in [-0.15, -0.1) is 0 Å². The fraction of sp³-hybridized carbons (Fsp3) is 0.667. The summed E-state index contributed by atoms with van der Waals surface area (Å²) in [7, 11) is 0. The van der Waals surface area contributed by atoms with Gasteiger partial charge in [-0.1, -0.05) is 13.0 Å². The van der Waals surface area contributed by atoms with E-state index < -0.39 is 11.6 Å². The molecule has 1 fully saturated rings. The summed E-state index contributed by atoms with van der Waals surface area (Å²) in [6, 6.07) is 0. The van der Waals surface area contributed by atoms with Crippen LogP contribution in [0.3, 0.4) is 0 Å². The van der Waals surface area contributed by atoms with Gasteiger partial charge in [-0.05, 0) is 25.7 Å². The van der Waals surface area contributed by atoms with Crippen LogP contribution in [-0.2, 0) is 9.53 Å². The summed E-state index contributed by atoms with van der Waals surface area (Å²) in [4.78, 5) is 11.2. The Morgan fingerprint density at radius 3 is 2.50 bits per heavy atom. The second kappa shape index (κ2) is 3.72. The third kappa shape index (κ3) is 1.85. The topological polar surface area (TPSA) is 46.5 Å². The van der Waals surface area contributed by atoms with Crippen LogP contribution >= 0.6 is 0 Å². The SMILES string of the molecule is C=COC(=O)C1(O)CCCCC1. The zero-order chi connectivity index (χ0) is 9.03. The van der Waals surface area contributed by atoms with E-state index in [2.05, 4.69) is 11.3 Å². The minimum absolute atomic E-state index is 0.514. The highest BCUT2D eigenvalue weighted by Gasteiger charge is 2.38. The Kier molecular flexibility index (Phi) is 2.87. The number of ether oxygens (including phenoxy) is 1. The zero-order valence-corrected chi connectivity index (χ0v) is 7.08. The molecule has 0 heterocycles. The lowest BCUT2D eigenvalue weighted by Crippen LogP contribution is -2.41. The van der Waals surface area contributed by atoms with Crippen LogP contribution in [-0.4, -0.2) is 16.7 Å². The molecule has 1 aliphatic carbocycles. The molecular weight excluding hydrogens is 156 g/mol. The van der Waals surface area contributed by atoms with Crippen molar-refractivity contribution in [3.8, 4) is 0 Å². The van der Waals surface area contributed by atoms with Gasteiger partial charge in [0.05, 0.1) is 6.26 Å². The van der Waals surface area contributed by atoms with E-state index in [4.69, 9.17) is 0 Å². The van der Waals surface area contributed by atoms with Crippen molar-refractivity contribution in [2.24, 2.45) is 0 Å². The van der Waals surface area contributed by atoms with Crippen LogP contribution in [0.1, 0.15) is 32.1 Å². The van der Waals surface area contributed by atoms with Crippen molar-refractivity contribution in [3.63, 3.8) is 0 Å². The number of hydrogen-bond donors (Lipinski definition) is 1. The lowest BCUT2D eigenvalue weighted by molar-refractivity contribution is -0.162. The molecule has 0 aliphatic heterocycles. The molecule has 0 aromatic heterocycles. The van der Waals surface area contributed by atoms with Crippen LogP contribution in [0.15, 0.2) is 12.8 Å². The second-order valence-electron chi connectivity index (χ2n) is 3.16. The molecule has 3 nitrogen and oxygen atoms in total. The third-order valence-corrected chi connectivity index (χ3v) is 2.25. The largest absolute Gasteiger partial charge is 0.433 e. The number of carbonyl (C=O) groups excluding carboxylic acids is 1.